The van der Waals surface area contributed by atoms with Gasteiger partial charge in [0, 0.05) is 17.7 Å². The highest BCUT2D eigenvalue weighted by Gasteiger charge is 2.12. The maximum Gasteiger partial charge on any atom is 0.343 e. The average Bonchev–Trinajstić information content (AvgIpc) is 2.30. The second-order valence-electron chi connectivity index (χ2n) is 3.09. The number of carboxylic acid groups (broad SMARTS) is 1. The number of rotatable bonds is 1. The molecule has 0 radical (unpaired) electrons. The Hall–Kier alpha value is -2.16. The molecule has 0 saturated carbocycles. The molecule has 0 bridgehead atoms. The minimum absolute atomic E-state index is 0.609. The number of pyridine rings is 1. The summed E-state index contributed by atoms with van der Waals surface area (Å²) in [5.41, 5.74) is 1.46. The van der Waals surface area contributed by atoms with Crippen LogP contribution in [-0.2, 0) is 0 Å². The number of carbonyl (C=O) groups is 1. The third-order valence-corrected chi connectivity index (χ3v) is 2.13. The van der Waals surface area contributed by atoms with Gasteiger partial charge in [-0.2, -0.15) is 0 Å². The highest BCUT2D eigenvalue weighted by atomic mass is 16.4. The van der Waals surface area contributed by atoms with Gasteiger partial charge in [0.25, 0.3) is 0 Å². The summed E-state index contributed by atoms with van der Waals surface area (Å²) in [6.07, 6.45) is 0.243. The Bertz CT molecular complexity index is 480. The van der Waals surface area contributed by atoms with Gasteiger partial charge in [-0.1, -0.05) is 18.2 Å². The normalized spacial score (nSPS) is 9.87. The first kappa shape index (κ1) is 9.40. The fourth-order valence-electron chi connectivity index (χ4n) is 1.45. The Morgan fingerprint density at radius 3 is 2.33 bits per heavy atom. The van der Waals surface area contributed by atoms with Crippen LogP contribution in [0, 0.1) is 0 Å². The molecule has 74 valence electrons. The predicted octanol–water partition coefficient (Wildman–Crippen LogP) is 0.832. The molecule has 3 nitrogen and oxygen atoms in total. The molecule has 0 spiro atoms. The van der Waals surface area contributed by atoms with Gasteiger partial charge in [0.2, 0.25) is 5.69 Å². The van der Waals surface area contributed by atoms with Gasteiger partial charge >= 0.3 is 6.09 Å². The molecule has 0 atom stereocenters. The third kappa shape index (κ3) is 1.86. The smallest absolute Gasteiger partial charge is 0.343 e. The molecule has 3 heteroatoms. The monoisotopic (exact) mass is 199 g/mol. The van der Waals surface area contributed by atoms with Crippen molar-refractivity contribution in [3.8, 4) is 11.3 Å². The fourth-order valence-corrected chi connectivity index (χ4v) is 1.45. The van der Waals surface area contributed by atoms with Crippen LogP contribution in [0.15, 0.2) is 54.7 Å². The van der Waals surface area contributed by atoms with Gasteiger partial charge in [-0.15, -0.1) is 4.57 Å². The van der Waals surface area contributed by atoms with Gasteiger partial charge in [0.15, 0.2) is 6.20 Å². The van der Waals surface area contributed by atoms with Crippen molar-refractivity contribution in [1.29, 1.82) is 0 Å². The molecule has 2 rings (SSSR count). The average molecular weight is 199 g/mol. The zero-order valence-corrected chi connectivity index (χ0v) is 7.96. The van der Waals surface area contributed by atoms with Gasteiger partial charge < -0.3 is 9.90 Å². The lowest BCUT2D eigenvalue weighted by Gasteiger charge is -2.02. The highest BCUT2D eigenvalue weighted by Crippen LogP contribution is 2.13. The molecule has 0 amide bonds. The van der Waals surface area contributed by atoms with Crippen LogP contribution >= 0.6 is 0 Å². The van der Waals surface area contributed by atoms with Gasteiger partial charge in [-0.25, -0.2) is 0 Å². The van der Waals surface area contributed by atoms with Crippen LogP contribution in [-0.4, -0.2) is 6.09 Å². The van der Waals surface area contributed by atoms with E-state index in [0.717, 1.165) is 10.1 Å². The second-order valence-corrected chi connectivity index (χ2v) is 3.09. The lowest BCUT2D eigenvalue weighted by atomic mass is 10.1. The van der Waals surface area contributed by atoms with Crippen molar-refractivity contribution in [3.63, 3.8) is 0 Å². The van der Waals surface area contributed by atoms with E-state index in [-0.39, 0.29) is 0 Å². The Morgan fingerprint density at radius 2 is 1.67 bits per heavy atom. The molecule has 1 aromatic carbocycles. The first-order valence-corrected chi connectivity index (χ1v) is 4.56. The second kappa shape index (κ2) is 3.92. The standard InChI is InChI=1S/C12H9NO2/c14-12(15)13-9-5-4-8-11(13)10-6-2-1-3-7-10/h1-9H. The van der Waals surface area contributed by atoms with Gasteiger partial charge in [-0.3, -0.25) is 0 Å². The van der Waals surface area contributed by atoms with Crippen LogP contribution in [0.1, 0.15) is 0 Å². The van der Waals surface area contributed by atoms with Crippen LogP contribution in [0.25, 0.3) is 11.3 Å². The maximum absolute atomic E-state index is 10.8. The summed E-state index contributed by atoms with van der Waals surface area (Å²) in [4.78, 5) is 10.8. The van der Waals surface area contributed by atoms with E-state index < -0.39 is 6.09 Å². The Balaban J connectivity index is 2.58. The molecule has 1 aromatic heterocycles. The lowest BCUT2D eigenvalue weighted by molar-refractivity contribution is -0.621. The van der Waals surface area contributed by atoms with Crippen LogP contribution < -0.4 is 9.67 Å². The van der Waals surface area contributed by atoms with E-state index in [1.807, 2.05) is 30.3 Å². The molecule has 0 unspecified atom stereocenters. The van der Waals surface area contributed by atoms with Crippen LogP contribution in [0.2, 0.25) is 0 Å². The van der Waals surface area contributed by atoms with E-state index >= 15 is 0 Å². The molecule has 0 N–H and O–H groups in total. The van der Waals surface area contributed by atoms with E-state index in [2.05, 4.69) is 0 Å². The van der Waals surface area contributed by atoms with E-state index in [9.17, 15) is 9.90 Å². The summed E-state index contributed by atoms with van der Waals surface area (Å²) in [5, 5.41) is 10.8. The topological polar surface area (TPSA) is 44.0 Å². The summed E-state index contributed by atoms with van der Waals surface area (Å²) in [7, 11) is 0. The minimum Gasteiger partial charge on any atom is -0.490 e. The fraction of sp³-hybridized carbons (Fsp3) is 0. The number of hydrogen-bond donors (Lipinski definition) is 0. The summed E-state index contributed by atoms with van der Waals surface area (Å²) in [6, 6.07) is 14.5. The predicted molar refractivity (Wildman–Crippen MR) is 52.9 cm³/mol. The Labute approximate surface area is 87.2 Å². The highest BCUT2D eigenvalue weighted by molar-refractivity contribution is 5.61. The molecule has 0 aliphatic carbocycles. The number of aromatic nitrogens is 1. The minimum atomic E-state index is -1.23. The van der Waals surface area contributed by atoms with Gasteiger partial charge in [-0.05, 0) is 18.2 Å². The molecule has 0 aliphatic heterocycles. The molecule has 15 heavy (non-hydrogen) atoms. The van der Waals surface area contributed by atoms with Crippen molar-refractivity contribution in [3.05, 3.63) is 54.7 Å². The summed E-state index contributed by atoms with van der Waals surface area (Å²) in [5.74, 6) is 0. The van der Waals surface area contributed by atoms with E-state index in [1.54, 1.807) is 18.2 Å². The first-order chi connectivity index (χ1) is 7.29. The molecule has 1 heterocycles. The van der Waals surface area contributed by atoms with Crippen molar-refractivity contribution in [2.24, 2.45) is 0 Å². The summed E-state index contributed by atoms with van der Waals surface area (Å²) in [6.45, 7) is 0. The van der Waals surface area contributed by atoms with Crippen LogP contribution in [0.3, 0.4) is 0 Å². The van der Waals surface area contributed by atoms with Crippen molar-refractivity contribution in [2.75, 3.05) is 0 Å². The Morgan fingerprint density at radius 1 is 1.00 bits per heavy atom. The van der Waals surface area contributed by atoms with Crippen molar-refractivity contribution in [2.45, 2.75) is 0 Å². The Kier molecular flexibility index (Phi) is 2.46. The van der Waals surface area contributed by atoms with E-state index in [4.69, 9.17) is 0 Å². The lowest BCUT2D eigenvalue weighted by Crippen LogP contribution is -2.52. The van der Waals surface area contributed by atoms with E-state index in [0.29, 0.717) is 5.69 Å². The molecule has 0 saturated heterocycles. The third-order valence-electron chi connectivity index (χ3n) is 2.13. The SMILES string of the molecule is O=C([O-])[n+]1ccccc1-c1ccccc1. The molecule has 0 fully saturated rings. The van der Waals surface area contributed by atoms with Crippen molar-refractivity contribution in [1.82, 2.24) is 0 Å². The maximum atomic E-state index is 10.8. The number of carbonyl (C=O) groups excluding carboxylic acids is 1. The summed E-state index contributed by atoms with van der Waals surface area (Å²) < 4.78 is 1.09. The van der Waals surface area contributed by atoms with Gasteiger partial charge in [0.05, 0.1) is 0 Å². The van der Waals surface area contributed by atoms with Crippen LogP contribution in [0.4, 0.5) is 4.79 Å². The quantitative estimate of drug-likeness (QED) is 0.638. The molecule has 0 aliphatic rings. The van der Waals surface area contributed by atoms with Crippen LogP contribution in [0.5, 0.6) is 0 Å². The largest absolute Gasteiger partial charge is 0.490 e. The molecule has 2 aromatic rings. The molecular weight excluding hydrogens is 190 g/mol. The molecular formula is C12H9NO2. The number of nitrogens with zero attached hydrogens (tertiary/aromatic N) is 1. The zero-order chi connectivity index (χ0) is 10.7. The zero-order valence-electron chi connectivity index (χ0n) is 7.96. The first-order valence-electron chi connectivity index (χ1n) is 4.56. The van der Waals surface area contributed by atoms with E-state index in [1.165, 1.54) is 6.20 Å². The van der Waals surface area contributed by atoms with Gasteiger partial charge in [0.1, 0.15) is 0 Å². The van der Waals surface area contributed by atoms with Crippen molar-refractivity contribution >= 4 is 6.09 Å². The van der Waals surface area contributed by atoms with Crippen molar-refractivity contribution < 1.29 is 14.5 Å². The number of hydrogen-bond acceptors (Lipinski definition) is 2. The number of benzene rings is 1. The summed E-state index contributed by atoms with van der Waals surface area (Å²) >= 11 is 0.